The second-order valence-electron chi connectivity index (χ2n) is 3.96. The summed E-state index contributed by atoms with van der Waals surface area (Å²) in [5.74, 6) is 1.34. The van der Waals surface area contributed by atoms with Crippen LogP contribution in [0.25, 0.3) is 0 Å². The normalized spacial score (nSPS) is 12.3. The van der Waals surface area contributed by atoms with Crippen LogP contribution >= 0.6 is 0 Å². The maximum Gasteiger partial charge on any atom is 0.122 e. The standard InChI is InChI=1S/C13H20O4/c1-9-6-13(17-3)11(7-12(9)16-2)10(8-15)4-5-14/h6-7,10,14-15H,4-5,8H2,1-3H3/t10-/m1/s1. The Morgan fingerprint density at radius 2 is 1.76 bits per heavy atom. The number of hydrogen-bond donors (Lipinski definition) is 2. The number of rotatable bonds is 6. The van der Waals surface area contributed by atoms with E-state index >= 15 is 0 Å². The lowest BCUT2D eigenvalue weighted by Crippen LogP contribution is -2.09. The second-order valence-corrected chi connectivity index (χ2v) is 3.96. The third-order valence-electron chi connectivity index (χ3n) is 2.88. The molecule has 0 aliphatic carbocycles. The van der Waals surface area contributed by atoms with Gasteiger partial charge in [-0.25, -0.2) is 0 Å². The van der Waals surface area contributed by atoms with E-state index in [1.165, 1.54) is 0 Å². The van der Waals surface area contributed by atoms with E-state index in [-0.39, 0.29) is 19.1 Å². The van der Waals surface area contributed by atoms with Gasteiger partial charge >= 0.3 is 0 Å². The average molecular weight is 240 g/mol. The van der Waals surface area contributed by atoms with E-state index in [9.17, 15) is 5.11 Å². The minimum Gasteiger partial charge on any atom is -0.496 e. The fourth-order valence-corrected chi connectivity index (χ4v) is 1.89. The van der Waals surface area contributed by atoms with Crippen molar-refractivity contribution in [1.29, 1.82) is 0 Å². The van der Waals surface area contributed by atoms with Crippen molar-refractivity contribution in [2.24, 2.45) is 0 Å². The predicted molar refractivity (Wildman–Crippen MR) is 65.8 cm³/mol. The summed E-state index contributed by atoms with van der Waals surface area (Å²) in [6, 6.07) is 3.75. The molecule has 1 rings (SSSR count). The Hall–Kier alpha value is -1.26. The van der Waals surface area contributed by atoms with Crippen molar-refractivity contribution in [3.8, 4) is 11.5 Å². The molecular formula is C13H20O4. The average Bonchev–Trinajstić information content (AvgIpc) is 2.35. The molecule has 0 bridgehead atoms. The summed E-state index contributed by atoms with van der Waals surface area (Å²) in [6.07, 6.45) is 0.499. The lowest BCUT2D eigenvalue weighted by atomic mass is 9.94. The Labute approximate surface area is 102 Å². The summed E-state index contributed by atoms with van der Waals surface area (Å²) in [5.41, 5.74) is 1.85. The van der Waals surface area contributed by atoms with E-state index in [1.54, 1.807) is 14.2 Å². The molecule has 0 fully saturated rings. The number of hydrogen-bond acceptors (Lipinski definition) is 4. The molecule has 0 aliphatic heterocycles. The highest BCUT2D eigenvalue weighted by molar-refractivity contribution is 5.47. The molecule has 0 unspecified atom stereocenters. The fourth-order valence-electron chi connectivity index (χ4n) is 1.89. The SMILES string of the molecule is COc1cc([C@@H](CO)CCO)c(OC)cc1C. The summed E-state index contributed by atoms with van der Waals surface area (Å²) in [7, 11) is 3.21. The van der Waals surface area contributed by atoms with Crippen LogP contribution in [0.3, 0.4) is 0 Å². The molecule has 2 N–H and O–H groups in total. The molecule has 0 heterocycles. The van der Waals surface area contributed by atoms with Crippen LogP contribution in [0.15, 0.2) is 12.1 Å². The zero-order valence-corrected chi connectivity index (χ0v) is 10.6. The molecule has 0 aliphatic rings. The van der Waals surface area contributed by atoms with Crippen molar-refractivity contribution in [3.05, 3.63) is 23.3 Å². The molecule has 0 saturated carbocycles. The van der Waals surface area contributed by atoms with Gasteiger partial charge in [0.25, 0.3) is 0 Å². The summed E-state index contributed by atoms with van der Waals surface area (Å²) in [5, 5.41) is 18.3. The van der Waals surface area contributed by atoms with Crippen molar-refractivity contribution >= 4 is 0 Å². The third kappa shape index (κ3) is 3.11. The number of benzene rings is 1. The van der Waals surface area contributed by atoms with Gasteiger partial charge in [0.15, 0.2) is 0 Å². The van der Waals surface area contributed by atoms with Gasteiger partial charge < -0.3 is 19.7 Å². The van der Waals surface area contributed by atoms with Crippen LogP contribution in [-0.2, 0) is 0 Å². The molecule has 1 aromatic carbocycles. The van der Waals surface area contributed by atoms with Crippen molar-refractivity contribution in [1.82, 2.24) is 0 Å². The van der Waals surface area contributed by atoms with Gasteiger partial charge in [0, 0.05) is 18.1 Å². The molecule has 0 spiro atoms. The van der Waals surface area contributed by atoms with Crippen molar-refractivity contribution in [2.45, 2.75) is 19.3 Å². The minimum atomic E-state index is -0.135. The Balaban J connectivity index is 3.18. The van der Waals surface area contributed by atoms with E-state index in [4.69, 9.17) is 14.6 Å². The minimum absolute atomic E-state index is 0.0247. The van der Waals surface area contributed by atoms with Gasteiger partial charge in [-0.05, 0) is 31.0 Å². The number of methoxy groups -OCH3 is 2. The molecule has 96 valence electrons. The maximum atomic E-state index is 9.36. The maximum absolute atomic E-state index is 9.36. The highest BCUT2D eigenvalue weighted by atomic mass is 16.5. The van der Waals surface area contributed by atoms with Gasteiger partial charge in [-0.3, -0.25) is 0 Å². The topological polar surface area (TPSA) is 58.9 Å². The number of aliphatic hydroxyl groups excluding tert-OH is 2. The number of aryl methyl sites for hydroxylation is 1. The smallest absolute Gasteiger partial charge is 0.122 e. The zero-order chi connectivity index (χ0) is 12.8. The lowest BCUT2D eigenvalue weighted by molar-refractivity contribution is 0.217. The van der Waals surface area contributed by atoms with Crippen molar-refractivity contribution < 1.29 is 19.7 Å². The Kier molecular flexibility index (Phi) is 5.25. The molecule has 0 amide bonds. The van der Waals surface area contributed by atoms with Gasteiger partial charge in [0.1, 0.15) is 11.5 Å². The van der Waals surface area contributed by atoms with Crippen LogP contribution in [0.2, 0.25) is 0 Å². The summed E-state index contributed by atoms with van der Waals surface area (Å²) >= 11 is 0. The number of aliphatic hydroxyl groups is 2. The molecule has 1 aromatic rings. The monoisotopic (exact) mass is 240 g/mol. The van der Waals surface area contributed by atoms with E-state index < -0.39 is 0 Å². The van der Waals surface area contributed by atoms with E-state index in [0.717, 1.165) is 22.6 Å². The quantitative estimate of drug-likeness (QED) is 0.790. The largest absolute Gasteiger partial charge is 0.496 e. The summed E-state index contributed by atoms with van der Waals surface area (Å²) < 4.78 is 10.6. The Morgan fingerprint density at radius 1 is 1.12 bits per heavy atom. The van der Waals surface area contributed by atoms with Crippen LogP contribution in [0.1, 0.15) is 23.5 Å². The third-order valence-corrected chi connectivity index (χ3v) is 2.88. The molecular weight excluding hydrogens is 220 g/mol. The van der Waals surface area contributed by atoms with Crippen LogP contribution in [0.4, 0.5) is 0 Å². The van der Waals surface area contributed by atoms with Crippen LogP contribution in [-0.4, -0.2) is 37.6 Å². The second kappa shape index (κ2) is 6.47. The van der Waals surface area contributed by atoms with E-state index in [1.807, 2.05) is 19.1 Å². The molecule has 0 radical (unpaired) electrons. The lowest BCUT2D eigenvalue weighted by Gasteiger charge is -2.19. The molecule has 4 heteroatoms. The first-order chi connectivity index (χ1) is 8.17. The van der Waals surface area contributed by atoms with Gasteiger partial charge in [0.2, 0.25) is 0 Å². The van der Waals surface area contributed by atoms with Gasteiger partial charge in [0.05, 0.1) is 20.8 Å². The Bertz CT molecular complexity index is 363. The molecule has 0 aromatic heterocycles. The van der Waals surface area contributed by atoms with Crippen LogP contribution < -0.4 is 9.47 Å². The summed E-state index contributed by atoms with van der Waals surface area (Å²) in [6.45, 7) is 1.94. The fraction of sp³-hybridized carbons (Fsp3) is 0.538. The van der Waals surface area contributed by atoms with Crippen molar-refractivity contribution in [3.63, 3.8) is 0 Å². The molecule has 4 nitrogen and oxygen atoms in total. The highest BCUT2D eigenvalue weighted by Gasteiger charge is 2.17. The first-order valence-electron chi connectivity index (χ1n) is 5.62. The summed E-state index contributed by atoms with van der Waals surface area (Å²) in [4.78, 5) is 0. The first kappa shape index (κ1) is 13.8. The number of ether oxygens (including phenoxy) is 2. The molecule has 1 atom stereocenters. The van der Waals surface area contributed by atoms with Crippen molar-refractivity contribution in [2.75, 3.05) is 27.4 Å². The molecule has 0 saturated heterocycles. The Morgan fingerprint density at radius 3 is 2.24 bits per heavy atom. The van der Waals surface area contributed by atoms with Crippen LogP contribution in [0.5, 0.6) is 11.5 Å². The van der Waals surface area contributed by atoms with Crippen LogP contribution in [0, 0.1) is 6.92 Å². The predicted octanol–water partition coefficient (Wildman–Crippen LogP) is 1.47. The zero-order valence-electron chi connectivity index (χ0n) is 10.6. The van der Waals surface area contributed by atoms with E-state index in [0.29, 0.717) is 6.42 Å². The molecule has 17 heavy (non-hydrogen) atoms. The van der Waals surface area contributed by atoms with Gasteiger partial charge in [-0.2, -0.15) is 0 Å². The van der Waals surface area contributed by atoms with E-state index in [2.05, 4.69) is 0 Å². The highest BCUT2D eigenvalue weighted by Crippen LogP contribution is 2.34. The van der Waals surface area contributed by atoms with Gasteiger partial charge in [-0.15, -0.1) is 0 Å². The first-order valence-corrected chi connectivity index (χ1v) is 5.62. The van der Waals surface area contributed by atoms with Gasteiger partial charge in [-0.1, -0.05) is 0 Å².